The molecule has 2 heteroatoms. The molecule has 0 atom stereocenters. The van der Waals surface area contributed by atoms with Crippen LogP contribution < -0.4 is 0 Å². The molecule has 2 rings (SSSR count). The minimum absolute atomic E-state index is 0.216. The van der Waals surface area contributed by atoms with Gasteiger partial charge in [0.2, 0.25) is 0 Å². The summed E-state index contributed by atoms with van der Waals surface area (Å²) in [5.41, 5.74) is 3.25. The molecule has 0 unspecified atom stereocenters. The first-order valence-electron chi connectivity index (χ1n) is 10.8. The molecule has 0 heterocycles. The minimum atomic E-state index is 0.216. The van der Waals surface area contributed by atoms with E-state index in [0.717, 1.165) is 38.5 Å². The van der Waals surface area contributed by atoms with Gasteiger partial charge in [-0.25, -0.2) is 9.78 Å². The van der Waals surface area contributed by atoms with E-state index in [1.807, 2.05) is 0 Å². The van der Waals surface area contributed by atoms with Crippen molar-refractivity contribution in [3.63, 3.8) is 0 Å². The average molecular weight is 383 g/mol. The Bertz CT molecular complexity index is 587. The molecule has 28 heavy (non-hydrogen) atoms. The third kappa shape index (κ3) is 7.77. The standard InChI is InChI=1S/C26H38O2/c1-25(2,23-15-7-5-8-16-23)19-11-13-21-27-28-22-14-12-20-26(3,4)24-17-9-6-10-18-24/h5-10,15-18H,11-14,19-22H2,1-4H3. The highest BCUT2D eigenvalue weighted by molar-refractivity contribution is 5.24. The van der Waals surface area contributed by atoms with Gasteiger partial charge in [0.15, 0.2) is 0 Å². The maximum atomic E-state index is 5.37. The van der Waals surface area contributed by atoms with Crippen molar-refractivity contribution in [2.75, 3.05) is 13.2 Å². The van der Waals surface area contributed by atoms with Gasteiger partial charge in [-0.05, 0) is 47.6 Å². The van der Waals surface area contributed by atoms with Gasteiger partial charge in [-0.2, -0.15) is 0 Å². The van der Waals surface area contributed by atoms with Gasteiger partial charge in [0, 0.05) is 0 Å². The third-order valence-corrected chi connectivity index (χ3v) is 5.75. The zero-order chi connectivity index (χ0) is 20.3. The van der Waals surface area contributed by atoms with Crippen molar-refractivity contribution in [3.8, 4) is 0 Å². The van der Waals surface area contributed by atoms with Crippen molar-refractivity contribution in [2.45, 2.75) is 77.0 Å². The van der Waals surface area contributed by atoms with Gasteiger partial charge in [-0.3, -0.25) is 0 Å². The molecule has 0 radical (unpaired) electrons. The van der Waals surface area contributed by atoms with Crippen LogP contribution in [0.1, 0.15) is 77.3 Å². The van der Waals surface area contributed by atoms with E-state index in [0.29, 0.717) is 13.2 Å². The number of rotatable bonds is 13. The SMILES string of the molecule is CC(C)(CCCCOOCCCCC(C)(C)c1ccccc1)c1ccccc1. The number of hydrogen-bond acceptors (Lipinski definition) is 2. The fourth-order valence-electron chi connectivity index (χ4n) is 3.64. The van der Waals surface area contributed by atoms with E-state index in [1.165, 1.54) is 11.1 Å². The Labute approximate surface area is 172 Å². The van der Waals surface area contributed by atoms with Crippen molar-refractivity contribution < 1.29 is 9.78 Å². The van der Waals surface area contributed by atoms with Gasteiger partial charge >= 0.3 is 0 Å². The summed E-state index contributed by atoms with van der Waals surface area (Å²) >= 11 is 0. The summed E-state index contributed by atoms with van der Waals surface area (Å²) in [6, 6.07) is 21.5. The summed E-state index contributed by atoms with van der Waals surface area (Å²) in [5.74, 6) is 0. The van der Waals surface area contributed by atoms with Gasteiger partial charge in [0.1, 0.15) is 0 Å². The number of benzene rings is 2. The van der Waals surface area contributed by atoms with Crippen molar-refractivity contribution >= 4 is 0 Å². The highest BCUT2D eigenvalue weighted by atomic mass is 17.2. The van der Waals surface area contributed by atoms with Crippen molar-refractivity contribution in [2.24, 2.45) is 0 Å². The van der Waals surface area contributed by atoms with Crippen LogP contribution in [0.2, 0.25) is 0 Å². The third-order valence-electron chi connectivity index (χ3n) is 5.75. The molecule has 0 fully saturated rings. The van der Waals surface area contributed by atoms with Gasteiger partial charge in [0.05, 0.1) is 13.2 Å². The zero-order valence-corrected chi connectivity index (χ0v) is 18.2. The number of hydrogen-bond donors (Lipinski definition) is 0. The lowest BCUT2D eigenvalue weighted by Gasteiger charge is -2.25. The van der Waals surface area contributed by atoms with Crippen LogP contribution in [0.25, 0.3) is 0 Å². The van der Waals surface area contributed by atoms with E-state index >= 15 is 0 Å². The molecule has 0 spiro atoms. The van der Waals surface area contributed by atoms with E-state index in [-0.39, 0.29) is 10.8 Å². The van der Waals surface area contributed by atoms with Gasteiger partial charge < -0.3 is 0 Å². The smallest absolute Gasteiger partial charge is 0.0822 e. The first kappa shape index (κ1) is 22.6. The molecular formula is C26H38O2. The van der Waals surface area contributed by atoms with E-state index in [2.05, 4.69) is 88.4 Å². The summed E-state index contributed by atoms with van der Waals surface area (Å²) in [6.07, 6.45) is 6.70. The zero-order valence-electron chi connectivity index (χ0n) is 18.2. The maximum absolute atomic E-state index is 5.37. The van der Waals surface area contributed by atoms with Crippen LogP contribution in [-0.4, -0.2) is 13.2 Å². The van der Waals surface area contributed by atoms with Crippen LogP contribution in [0.4, 0.5) is 0 Å². The molecule has 0 aliphatic carbocycles. The Hall–Kier alpha value is -1.64. The average Bonchev–Trinajstić information content (AvgIpc) is 2.70. The summed E-state index contributed by atoms with van der Waals surface area (Å²) in [5, 5.41) is 0. The van der Waals surface area contributed by atoms with Crippen LogP contribution in [0.15, 0.2) is 60.7 Å². The molecule has 2 aromatic carbocycles. The fraction of sp³-hybridized carbons (Fsp3) is 0.538. The summed E-state index contributed by atoms with van der Waals surface area (Å²) in [6.45, 7) is 10.6. The molecule has 0 amide bonds. The molecular weight excluding hydrogens is 344 g/mol. The molecule has 0 N–H and O–H groups in total. The maximum Gasteiger partial charge on any atom is 0.0822 e. The monoisotopic (exact) mass is 382 g/mol. The lowest BCUT2D eigenvalue weighted by Crippen LogP contribution is -2.17. The van der Waals surface area contributed by atoms with Crippen molar-refractivity contribution in [1.82, 2.24) is 0 Å². The minimum Gasteiger partial charge on any atom is -0.237 e. The second-order valence-electron chi connectivity index (χ2n) is 9.06. The van der Waals surface area contributed by atoms with Crippen molar-refractivity contribution in [3.05, 3.63) is 71.8 Å². The Morgan fingerprint density at radius 1 is 0.536 bits per heavy atom. The quantitative estimate of drug-likeness (QED) is 0.207. The van der Waals surface area contributed by atoms with Crippen LogP contribution in [0.3, 0.4) is 0 Å². The summed E-state index contributed by atoms with van der Waals surface area (Å²) in [4.78, 5) is 10.7. The van der Waals surface area contributed by atoms with Crippen LogP contribution in [0, 0.1) is 0 Å². The van der Waals surface area contributed by atoms with E-state index in [9.17, 15) is 0 Å². The first-order chi connectivity index (χ1) is 13.4. The highest BCUT2D eigenvalue weighted by Crippen LogP contribution is 2.29. The normalized spacial score (nSPS) is 12.3. The van der Waals surface area contributed by atoms with Crippen LogP contribution >= 0.6 is 0 Å². The van der Waals surface area contributed by atoms with Gasteiger partial charge in [-0.1, -0.05) is 101 Å². The van der Waals surface area contributed by atoms with Crippen LogP contribution in [-0.2, 0) is 20.6 Å². The molecule has 2 nitrogen and oxygen atoms in total. The largest absolute Gasteiger partial charge is 0.237 e. The second-order valence-corrected chi connectivity index (χ2v) is 9.06. The Morgan fingerprint density at radius 2 is 0.893 bits per heavy atom. The number of unbranched alkanes of at least 4 members (excludes halogenated alkanes) is 2. The topological polar surface area (TPSA) is 18.5 Å². The Kier molecular flexibility index (Phi) is 9.21. The molecule has 154 valence electrons. The van der Waals surface area contributed by atoms with E-state index < -0.39 is 0 Å². The molecule has 0 aromatic heterocycles. The lowest BCUT2D eigenvalue weighted by molar-refractivity contribution is -0.295. The molecule has 0 bridgehead atoms. The lowest BCUT2D eigenvalue weighted by atomic mass is 9.80. The van der Waals surface area contributed by atoms with E-state index in [1.54, 1.807) is 0 Å². The first-order valence-corrected chi connectivity index (χ1v) is 10.8. The molecule has 0 saturated heterocycles. The second kappa shape index (κ2) is 11.4. The van der Waals surface area contributed by atoms with E-state index in [4.69, 9.17) is 9.78 Å². The van der Waals surface area contributed by atoms with Gasteiger partial charge in [-0.15, -0.1) is 0 Å². The predicted molar refractivity (Wildman–Crippen MR) is 119 cm³/mol. The predicted octanol–water partition coefficient (Wildman–Crippen LogP) is 7.23. The van der Waals surface area contributed by atoms with Crippen molar-refractivity contribution in [1.29, 1.82) is 0 Å². The highest BCUT2D eigenvalue weighted by Gasteiger charge is 2.20. The summed E-state index contributed by atoms with van der Waals surface area (Å²) in [7, 11) is 0. The molecule has 2 aromatic rings. The molecule has 0 aliphatic rings. The van der Waals surface area contributed by atoms with Crippen LogP contribution in [0.5, 0.6) is 0 Å². The molecule has 0 saturated carbocycles. The fourth-order valence-corrected chi connectivity index (χ4v) is 3.64. The Balaban J connectivity index is 1.49. The summed E-state index contributed by atoms with van der Waals surface area (Å²) < 4.78 is 0. The molecule has 0 aliphatic heterocycles. The van der Waals surface area contributed by atoms with Gasteiger partial charge in [0.25, 0.3) is 0 Å². The Morgan fingerprint density at radius 3 is 1.25 bits per heavy atom.